The van der Waals surface area contributed by atoms with E-state index in [1.807, 2.05) is 36.4 Å². The number of phenolic OH excluding ortho intramolecular Hbond substituents is 1. The molecule has 0 saturated carbocycles. The second-order valence-electron chi connectivity index (χ2n) is 7.64. The summed E-state index contributed by atoms with van der Waals surface area (Å²) in [6.07, 6.45) is 0. The Balaban J connectivity index is 1.63. The van der Waals surface area contributed by atoms with Gasteiger partial charge >= 0.3 is 0 Å². The number of carbonyl (C=O) groups excluding carboxylic acids is 2. The van der Waals surface area contributed by atoms with Gasteiger partial charge in [0, 0.05) is 38.6 Å². The van der Waals surface area contributed by atoms with E-state index in [1.54, 1.807) is 48.5 Å². The molecule has 6 rings (SSSR count). The Kier molecular flexibility index (Phi) is 3.59. The summed E-state index contributed by atoms with van der Waals surface area (Å²) in [6.45, 7) is 0. The average Bonchev–Trinajstić information content (AvgIpc) is 2.81. The first-order valence-corrected chi connectivity index (χ1v) is 9.97. The molecule has 1 aromatic heterocycles. The van der Waals surface area contributed by atoms with Crippen molar-refractivity contribution in [3.8, 4) is 16.9 Å². The molecule has 4 aromatic carbocycles. The van der Waals surface area contributed by atoms with Gasteiger partial charge in [-0.2, -0.15) is 0 Å². The molecule has 5 aromatic rings. The van der Waals surface area contributed by atoms with Gasteiger partial charge in [0.25, 0.3) is 0 Å². The fourth-order valence-corrected chi connectivity index (χ4v) is 4.42. The number of benzene rings is 4. The summed E-state index contributed by atoms with van der Waals surface area (Å²) < 4.78 is 0. The van der Waals surface area contributed by atoms with E-state index in [0.29, 0.717) is 44.3 Å². The monoisotopic (exact) mass is 401 g/mol. The number of ketones is 2. The molecule has 4 nitrogen and oxygen atoms in total. The van der Waals surface area contributed by atoms with E-state index >= 15 is 0 Å². The molecule has 0 radical (unpaired) electrons. The van der Waals surface area contributed by atoms with Crippen LogP contribution in [0.4, 0.5) is 0 Å². The standard InChI is InChI=1S/C27H15NO3/c29-25-17-7-2-3-8-18(17)27(31)24-16(9-5-10-20(24)25)19-12-13-23-21(26(19)30)14-15-6-1-4-11-22(15)28-23/h1-14,30H. The Bertz CT molecular complexity index is 1580. The number of phenols is 1. The molecule has 0 bridgehead atoms. The Morgan fingerprint density at radius 2 is 1.26 bits per heavy atom. The highest BCUT2D eigenvalue weighted by molar-refractivity contribution is 6.30. The van der Waals surface area contributed by atoms with Gasteiger partial charge in [-0.05, 0) is 29.8 Å². The molecule has 31 heavy (non-hydrogen) atoms. The van der Waals surface area contributed by atoms with Crippen LogP contribution in [0.15, 0.2) is 84.9 Å². The minimum atomic E-state index is -0.211. The number of hydrogen-bond donors (Lipinski definition) is 1. The molecule has 4 heteroatoms. The number of pyridine rings is 1. The van der Waals surface area contributed by atoms with Crippen LogP contribution in [-0.2, 0) is 0 Å². The van der Waals surface area contributed by atoms with Crippen LogP contribution in [0, 0.1) is 0 Å². The van der Waals surface area contributed by atoms with Crippen molar-refractivity contribution >= 4 is 33.4 Å². The van der Waals surface area contributed by atoms with E-state index < -0.39 is 0 Å². The van der Waals surface area contributed by atoms with Gasteiger partial charge < -0.3 is 5.11 Å². The molecular formula is C27H15NO3. The van der Waals surface area contributed by atoms with E-state index in [-0.39, 0.29) is 17.3 Å². The largest absolute Gasteiger partial charge is 0.507 e. The molecule has 0 spiro atoms. The number of hydrogen-bond acceptors (Lipinski definition) is 4. The lowest BCUT2D eigenvalue weighted by Gasteiger charge is -2.21. The number of rotatable bonds is 1. The summed E-state index contributed by atoms with van der Waals surface area (Å²) in [5.41, 5.74) is 4.04. The van der Waals surface area contributed by atoms with E-state index in [2.05, 4.69) is 4.98 Å². The van der Waals surface area contributed by atoms with Crippen LogP contribution in [0.25, 0.3) is 32.9 Å². The summed E-state index contributed by atoms with van der Waals surface area (Å²) >= 11 is 0. The molecule has 146 valence electrons. The van der Waals surface area contributed by atoms with E-state index in [4.69, 9.17) is 0 Å². The van der Waals surface area contributed by atoms with E-state index in [0.717, 1.165) is 10.9 Å². The van der Waals surface area contributed by atoms with Crippen LogP contribution >= 0.6 is 0 Å². The zero-order valence-corrected chi connectivity index (χ0v) is 16.3. The van der Waals surface area contributed by atoms with Gasteiger partial charge in [0.1, 0.15) is 5.75 Å². The highest BCUT2D eigenvalue weighted by Crippen LogP contribution is 2.41. The van der Waals surface area contributed by atoms with Crippen molar-refractivity contribution in [3.05, 3.63) is 107 Å². The number of aromatic hydroxyl groups is 1. The number of carbonyl (C=O) groups is 2. The van der Waals surface area contributed by atoms with E-state index in [9.17, 15) is 14.7 Å². The van der Waals surface area contributed by atoms with Crippen LogP contribution in [0.3, 0.4) is 0 Å². The predicted molar refractivity (Wildman–Crippen MR) is 120 cm³/mol. The smallest absolute Gasteiger partial charge is 0.195 e. The first-order chi connectivity index (χ1) is 15.1. The van der Waals surface area contributed by atoms with E-state index in [1.165, 1.54) is 0 Å². The Labute approximate surface area is 177 Å². The fraction of sp³-hybridized carbons (Fsp3) is 0. The summed E-state index contributed by atoms with van der Waals surface area (Å²) in [6, 6.07) is 25.2. The molecule has 0 amide bonds. The summed E-state index contributed by atoms with van der Waals surface area (Å²) in [5, 5.41) is 12.7. The normalized spacial score (nSPS) is 12.8. The minimum absolute atomic E-state index is 0.0447. The average molecular weight is 401 g/mol. The van der Waals surface area contributed by atoms with Crippen molar-refractivity contribution < 1.29 is 14.7 Å². The SMILES string of the molecule is O=C1c2ccccc2C(=O)c2c1cccc2-c1ccc2nc3ccccc3cc2c1O. The molecule has 0 saturated heterocycles. The van der Waals surface area contributed by atoms with Crippen molar-refractivity contribution in [2.75, 3.05) is 0 Å². The van der Waals surface area contributed by atoms with Gasteiger partial charge in [0.15, 0.2) is 11.6 Å². The summed E-state index contributed by atoms with van der Waals surface area (Å²) in [4.78, 5) is 31.0. The molecule has 1 aliphatic rings. The summed E-state index contributed by atoms with van der Waals surface area (Å²) in [5.74, 6) is -0.347. The summed E-state index contributed by atoms with van der Waals surface area (Å²) in [7, 11) is 0. The molecule has 0 aliphatic heterocycles. The zero-order valence-electron chi connectivity index (χ0n) is 16.3. The second kappa shape index (κ2) is 6.34. The van der Waals surface area contributed by atoms with Crippen molar-refractivity contribution in [1.29, 1.82) is 0 Å². The van der Waals surface area contributed by atoms with Crippen LogP contribution in [0.1, 0.15) is 31.8 Å². The number of nitrogens with zero attached hydrogens (tertiary/aromatic N) is 1. The van der Waals surface area contributed by atoms with Crippen molar-refractivity contribution in [2.24, 2.45) is 0 Å². The third-order valence-electron chi connectivity index (χ3n) is 5.91. The molecule has 0 fully saturated rings. The lowest BCUT2D eigenvalue weighted by Crippen LogP contribution is -2.21. The van der Waals surface area contributed by atoms with Crippen LogP contribution in [-0.4, -0.2) is 21.7 Å². The Morgan fingerprint density at radius 1 is 0.581 bits per heavy atom. The Hall–Kier alpha value is -4.31. The van der Waals surface area contributed by atoms with Crippen molar-refractivity contribution in [1.82, 2.24) is 4.98 Å². The number of fused-ring (bicyclic) bond motifs is 4. The van der Waals surface area contributed by atoms with Crippen LogP contribution < -0.4 is 0 Å². The maximum atomic E-state index is 13.4. The van der Waals surface area contributed by atoms with Gasteiger partial charge in [-0.25, -0.2) is 4.98 Å². The lowest BCUT2D eigenvalue weighted by atomic mass is 9.80. The topological polar surface area (TPSA) is 67.3 Å². The fourth-order valence-electron chi connectivity index (χ4n) is 4.42. The van der Waals surface area contributed by atoms with Crippen molar-refractivity contribution in [2.45, 2.75) is 0 Å². The van der Waals surface area contributed by atoms with Gasteiger partial charge in [0.2, 0.25) is 0 Å². The zero-order chi connectivity index (χ0) is 21.1. The maximum absolute atomic E-state index is 13.4. The molecule has 1 aliphatic carbocycles. The number of para-hydroxylation sites is 1. The van der Waals surface area contributed by atoms with Crippen molar-refractivity contribution in [3.63, 3.8) is 0 Å². The second-order valence-corrected chi connectivity index (χ2v) is 7.64. The minimum Gasteiger partial charge on any atom is -0.507 e. The Morgan fingerprint density at radius 3 is 2.10 bits per heavy atom. The highest BCUT2D eigenvalue weighted by Gasteiger charge is 2.32. The van der Waals surface area contributed by atoms with Gasteiger partial charge in [-0.15, -0.1) is 0 Å². The van der Waals surface area contributed by atoms with Crippen LogP contribution in [0.5, 0.6) is 5.75 Å². The molecule has 0 atom stereocenters. The highest BCUT2D eigenvalue weighted by atomic mass is 16.3. The van der Waals surface area contributed by atoms with Gasteiger partial charge in [0.05, 0.1) is 11.0 Å². The first kappa shape index (κ1) is 17.5. The van der Waals surface area contributed by atoms with Gasteiger partial charge in [-0.3, -0.25) is 9.59 Å². The molecule has 1 heterocycles. The molecule has 0 unspecified atom stereocenters. The third kappa shape index (κ3) is 2.45. The predicted octanol–water partition coefficient (Wildman–Crippen LogP) is 5.54. The molecular weight excluding hydrogens is 386 g/mol. The molecule has 1 N–H and O–H groups in total. The quantitative estimate of drug-likeness (QED) is 0.368. The number of aromatic nitrogens is 1. The van der Waals surface area contributed by atoms with Crippen LogP contribution in [0.2, 0.25) is 0 Å². The van der Waals surface area contributed by atoms with Gasteiger partial charge in [-0.1, -0.05) is 60.7 Å². The lowest BCUT2D eigenvalue weighted by molar-refractivity contribution is 0.0979. The third-order valence-corrected chi connectivity index (χ3v) is 5.91. The first-order valence-electron chi connectivity index (χ1n) is 9.97. The maximum Gasteiger partial charge on any atom is 0.195 e.